The minimum absolute atomic E-state index is 0. The Bertz CT molecular complexity index is 1500. The number of thiophene rings is 1. The van der Waals surface area contributed by atoms with Gasteiger partial charge in [-0.05, 0) is 51.7 Å². The van der Waals surface area contributed by atoms with Gasteiger partial charge in [0.25, 0.3) is 0 Å². The Kier molecular flexibility index (Phi) is 6.57. The summed E-state index contributed by atoms with van der Waals surface area (Å²) in [6.07, 6.45) is 1.17. The topological polar surface area (TPSA) is 50.2 Å². The van der Waals surface area contributed by atoms with E-state index in [0.29, 0.717) is 0 Å². The maximum absolute atomic E-state index is 10.0. The van der Waals surface area contributed by atoms with Gasteiger partial charge in [-0.25, -0.2) is 11.3 Å². The molecule has 5 heteroatoms. The molecule has 33 heavy (non-hydrogen) atoms. The second kappa shape index (κ2) is 9.40. The van der Waals surface area contributed by atoms with Gasteiger partial charge < -0.3 is 5.11 Å². The van der Waals surface area contributed by atoms with Crippen LogP contribution in [0.3, 0.4) is 0 Å². The normalized spacial score (nSPS) is 11.5. The van der Waals surface area contributed by atoms with Crippen molar-refractivity contribution in [2.75, 3.05) is 0 Å². The molecule has 0 spiro atoms. The maximum atomic E-state index is 10.0. The van der Waals surface area contributed by atoms with Crippen LogP contribution < -0.4 is 0 Å². The van der Waals surface area contributed by atoms with Gasteiger partial charge >= 0.3 is 0 Å². The summed E-state index contributed by atoms with van der Waals surface area (Å²) in [5.74, 6) is -0.0625. The number of aliphatic hydroxyl groups is 1. The van der Waals surface area contributed by atoms with Crippen LogP contribution in [-0.2, 0) is 24.9 Å². The summed E-state index contributed by atoms with van der Waals surface area (Å²) in [6, 6.07) is 29.2. The van der Waals surface area contributed by atoms with E-state index in [-0.39, 0.29) is 31.6 Å². The van der Waals surface area contributed by atoms with Crippen LogP contribution in [0.15, 0.2) is 84.6 Å². The summed E-state index contributed by atoms with van der Waals surface area (Å²) in [5.41, 5.74) is 7.27. The molecule has 2 aromatic heterocycles. The zero-order chi connectivity index (χ0) is 22.2. The number of hydrogen-bond acceptors (Lipinski definition) is 4. The van der Waals surface area contributed by atoms with Gasteiger partial charge in [-0.2, -0.15) is 0 Å². The van der Waals surface area contributed by atoms with E-state index in [4.69, 9.17) is 10.1 Å². The van der Waals surface area contributed by atoms with Crippen LogP contribution in [0.1, 0.15) is 13.8 Å². The van der Waals surface area contributed by atoms with E-state index in [1.165, 1.54) is 52.3 Å². The van der Waals surface area contributed by atoms with Crippen LogP contribution in [0.25, 0.3) is 53.8 Å². The predicted octanol–water partition coefficient (Wildman–Crippen LogP) is 7.60. The van der Waals surface area contributed by atoms with Gasteiger partial charge in [0.2, 0.25) is 0 Å². The number of benzene rings is 3. The van der Waals surface area contributed by atoms with Crippen LogP contribution in [0, 0.1) is 6.07 Å². The molecule has 0 aliphatic heterocycles. The van der Waals surface area contributed by atoms with Crippen molar-refractivity contribution in [1.29, 1.82) is 0 Å². The molecule has 0 amide bonds. The number of pyridine rings is 1. The van der Waals surface area contributed by atoms with Gasteiger partial charge in [0, 0.05) is 37.3 Å². The van der Waals surface area contributed by atoms with Gasteiger partial charge in [-0.1, -0.05) is 54.6 Å². The second-order valence-electron chi connectivity index (χ2n) is 7.75. The molecule has 2 heterocycles. The summed E-state index contributed by atoms with van der Waals surface area (Å²) in [7, 11) is 0. The van der Waals surface area contributed by atoms with Crippen molar-refractivity contribution in [2.45, 2.75) is 13.8 Å². The van der Waals surface area contributed by atoms with Crippen molar-refractivity contribution >= 4 is 38.1 Å². The number of carbonyl (C=O) groups is 1. The third kappa shape index (κ3) is 4.40. The molecule has 3 nitrogen and oxygen atoms in total. The summed E-state index contributed by atoms with van der Waals surface area (Å²) in [4.78, 5) is 16.1. The molecule has 0 bridgehead atoms. The first kappa shape index (κ1) is 23.1. The third-order valence-corrected chi connectivity index (χ3v) is 6.42. The van der Waals surface area contributed by atoms with E-state index in [0.717, 1.165) is 21.5 Å². The van der Waals surface area contributed by atoms with Gasteiger partial charge in [0.05, 0.1) is 11.3 Å². The van der Waals surface area contributed by atoms with Crippen molar-refractivity contribution in [1.82, 2.24) is 4.98 Å². The van der Waals surface area contributed by atoms with E-state index in [2.05, 4.69) is 78.9 Å². The van der Waals surface area contributed by atoms with E-state index >= 15 is 0 Å². The Morgan fingerprint density at radius 3 is 2.24 bits per heavy atom. The average molecular weight is 627 g/mol. The number of rotatable bonds is 2. The molecule has 165 valence electrons. The van der Waals surface area contributed by atoms with Gasteiger partial charge in [-0.15, -0.1) is 23.6 Å². The zero-order valence-electron chi connectivity index (χ0n) is 18.0. The first-order valence-electron chi connectivity index (χ1n) is 10.3. The SMILES string of the molecule is CC(=O)/C=C(/C)O.[Ir].[c-]1c(-c2cc3c4c(cccc4n2)-c2ccccc2-3)sc2ccccc12. The van der Waals surface area contributed by atoms with Gasteiger partial charge in [0.15, 0.2) is 5.78 Å². The molecular formula is C28H20IrNO2S-. The number of allylic oxidation sites excluding steroid dienone is 2. The Morgan fingerprint density at radius 1 is 0.909 bits per heavy atom. The maximum Gasteiger partial charge on any atom is 0.155 e. The van der Waals surface area contributed by atoms with E-state index in [9.17, 15) is 4.79 Å². The molecule has 1 radical (unpaired) electrons. The smallest absolute Gasteiger partial charge is 0.155 e. The Labute approximate surface area is 209 Å². The molecule has 1 aliphatic carbocycles. The average Bonchev–Trinajstić information content (AvgIpc) is 3.35. The largest absolute Gasteiger partial charge is 0.512 e. The molecule has 5 aromatic rings. The minimum Gasteiger partial charge on any atom is -0.512 e. The molecule has 0 fully saturated rings. The summed E-state index contributed by atoms with van der Waals surface area (Å²) in [5, 5.41) is 10.8. The fourth-order valence-corrected chi connectivity index (χ4v) is 5.09. The summed E-state index contributed by atoms with van der Waals surface area (Å²) >= 11 is 1.76. The van der Waals surface area contributed by atoms with Crippen molar-refractivity contribution in [2.24, 2.45) is 0 Å². The van der Waals surface area contributed by atoms with Gasteiger partial charge in [-0.3, -0.25) is 9.78 Å². The molecule has 0 atom stereocenters. The number of ketones is 1. The quantitative estimate of drug-likeness (QED) is 0.122. The van der Waals surface area contributed by atoms with Crippen LogP contribution >= 0.6 is 11.3 Å². The number of fused-ring (bicyclic) bond motifs is 4. The van der Waals surface area contributed by atoms with Crippen LogP contribution in [-0.4, -0.2) is 15.9 Å². The zero-order valence-corrected chi connectivity index (χ0v) is 21.3. The number of carbonyl (C=O) groups excluding carboxylic acids is 1. The third-order valence-electron chi connectivity index (χ3n) is 5.33. The van der Waals surface area contributed by atoms with Crippen molar-refractivity contribution in [3.05, 3.63) is 90.7 Å². The fourth-order valence-electron chi connectivity index (χ4n) is 4.12. The minimum atomic E-state index is -0.125. The predicted molar refractivity (Wildman–Crippen MR) is 133 cm³/mol. The van der Waals surface area contributed by atoms with Gasteiger partial charge in [0.1, 0.15) is 0 Å². The Balaban J connectivity index is 0.000000287. The van der Waals surface area contributed by atoms with E-state index in [1.807, 2.05) is 0 Å². The molecule has 1 N–H and O–H groups in total. The molecule has 1 aliphatic rings. The molecule has 6 rings (SSSR count). The van der Waals surface area contributed by atoms with Crippen LogP contribution in [0.2, 0.25) is 0 Å². The van der Waals surface area contributed by atoms with Crippen LogP contribution in [0.5, 0.6) is 0 Å². The molecule has 3 aromatic carbocycles. The standard InChI is InChI=1S/C23H12NS.C5H8O2.Ir/c1-4-11-21-14(6-1)12-22(25-21)20-13-18-16-8-3-2-7-15(16)17-9-5-10-19(24-20)23(17)18;1-4(6)3-5(2)7;/h1-11,13H;3,6H,1-2H3;/q-1;;/b;4-3-;. The van der Waals surface area contributed by atoms with E-state index in [1.54, 1.807) is 11.3 Å². The molecule has 0 saturated heterocycles. The molecule has 0 saturated carbocycles. The first-order chi connectivity index (χ1) is 15.5. The van der Waals surface area contributed by atoms with Crippen molar-refractivity contribution < 1.29 is 30.0 Å². The second-order valence-corrected chi connectivity index (χ2v) is 8.80. The number of nitrogens with zero attached hydrogens (tertiary/aromatic N) is 1. The van der Waals surface area contributed by atoms with Crippen LogP contribution in [0.4, 0.5) is 0 Å². The number of aromatic nitrogens is 1. The summed E-state index contributed by atoms with van der Waals surface area (Å²) < 4.78 is 1.25. The monoisotopic (exact) mass is 627 g/mol. The van der Waals surface area contributed by atoms with E-state index < -0.39 is 0 Å². The van der Waals surface area contributed by atoms with Crippen molar-refractivity contribution in [3.63, 3.8) is 0 Å². The fraction of sp³-hybridized carbons (Fsp3) is 0.0714. The first-order valence-corrected chi connectivity index (χ1v) is 11.2. The van der Waals surface area contributed by atoms with Crippen molar-refractivity contribution in [3.8, 4) is 32.8 Å². The Morgan fingerprint density at radius 2 is 1.58 bits per heavy atom. The number of aliphatic hydroxyl groups excluding tert-OH is 1. The molecular weight excluding hydrogens is 607 g/mol. The Hall–Kier alpha value is -3.11. The number of hydrogen-bond donors (Lipinski definition) is 1. The molecule has 0 unspecified atom stereocenters. The summed E-state index contributed by atoms with van der Waals surface area (Å²) in [6.45, 7) is 2.85.